The quantitative estimate of drug-likeness (QED) is 0.855. The summed E-state index contributed by atoms with van der Waals surface area (Å²) in [6, 6.07) is 5.77. The summed E-state index contributed by atoms with van der Waals surface area (Å²) in [6.07, 6.45) is 3.45. The van der Waals surface area contributed by atoms with Crippen LogP contribution in [0.3, 0.4) is 0 Å². The number of amidine groups is 1. The fourth-order valence-corrected chi connectivity index (χ4v) is 2.57. The van der Waals surface area contributed by atoms with Crippen molar-refractivity contribution < 1.29 is 0 Å². The Balaban J connectivity index is 2.08. The van der Waals surface area contributed by atoms with Gasteiger partial charge in [-0.2, -0.15) is 0 Å². The molecule has 4 heteroatoms. The van der Waals surface area contributed by atoms with E-state index in [9.17, 15) is 0 Å². The Bertz CT molecular complexity index is 429. The van der Waals surface area contributed by atoms with E-state index in [0.717, 1.165) is 24.4 Å². The monoisotopic (exact) mass is 270 g/mol. The summed E-state index contributed by atoms with van der Waals surface area (Å²) in [5.74, 6) is 1.09. The van der Waals surface area contributed by atoms with Crippen LogP contribution < -0.4 is 5.32 Å². The molecule has 0 spiro atoms. The number of nitrogens with one attached hydrogen (secondary N) is 1. The molecule has 1 heterocycles. The van der Waals surface area contributed by atoms with E-state index in [4.69, 9.17) is 23.2 Å². The zero-order valence-electron chi connectivity index (χ0n) is 9.84. The predicted octanol–water partition coefficient (Wildman–Crippen LogP) is 4.23. The van der Waals surface area contributed by atoms with Gasteiger partial charge < -0.3 is 5.32 Å². The Hall–Kier alpha value is -0.730. The minimum atomic E-state index is 0.164. The second kappa shape index (κ2) is 5.74. The minimum Gasteiger partial charge on any atom is -0.367 e. The standard InChI is InChI=1S/C13H16Cl2N2/c1-9(17-13-4-2-3-7-16-13)11-6-5-10(14)8-12(11)15/h5-6,8-9H,2-4,7H2,1H3,(H,16,17). The molecule has 1 aliphatic heterocycles. The third kappa shape index (κ3) is 3.36. The van der Waals surface area contributed by atoms with E-state index in [1.165, 1.54) is 12.8 Å². The van der Waals surface area contributed by atoms with E-state index in [1.807, 2.05) is 12.1 Å². The molecule has 0 radical (unpaired) electrons. The maximum Gasteiger partial charge on any atom is 0.0967 e. The highest BCUT2D eigenvalue weighted by Gasteiger charge is 2.13. The molecule has 2 rings (SSSR count). The first-order valence-corrected chi connectivity index (χ1v) is 6.67. The molecule has 1 aromatic rings. The molecule has 0 saturated carbocycles. The molecular weight excluding hydrogens is 255 g/mol. The normalized spacial score (nSPS) is 17.5. The molecule has 2 nitrogen and oxygen atoms in total. The van der Waals surface area contributed by atoms with Gasteiger partial charge in [0, 0.05) is 23.0 Å². The van der Waals surface area contributed by atoms with Gasteiger partial charge in [-0.15, -0.1) is 0 Å². The highest BCUT2D eigenvalue weighted by Crippen LogP contribution is 2.26. The zero-order valence-corrected chi connectivity index (χ0v) is 11.4. The number of aliphatic imine (C=N–C) groups is 1. The Morgan fingerprint density at radius 2 is 2.12 bits per heavy atom. The lowest BCUT2D eigenvalue weighted by Gasteiger charge is -2.20. The number of halogens is 2. The topological polar surface area (TPSA) is 24.4 Å². The largest absolute Gasteiger partial charge is 0.367 e. The average Bonchev–Trinajstić information content (AvgIpc) is 2.30. The van der Waals surface area contributed by atoms with Crippen LogP contribution in [0.4, 0.5) is 0 Å². The summed E-state index contributed by atoms with van der Waals surface area (Å²) in [4.78, 5) is 4.48. The lowest BCUT2D eigenvalue weighted by Crippen LogP contribution is -2.28. The highest BCUT2D eigenvalue weighted by atomic mass is 35.5. The van der Waals surface area contributed by atoms with Gasteiger partial charge in [0.2, 0.25) is 0 Å². The smallest absolute Gasteiger partial charge is 0.0967 e. The maximum absolute atomic E-state index is 6.18. The number of hydrogen-bond acceptors (Lipinski definition) is 2. The summed E-state index contributed by atoms with van der Waals surface area (Å²) in [5, 5.41) is 4.79. The van der Waals surface area contributed by atoms with Gasteiger partial charge in [0.1, 0.15) is 0 Å². The van der Waals surface area contributed by atoms with Crippen molar-refractivity contribution in [2.24, 2.45) is 4.99 Å². The fourth-order valence-electron chi connectivity index (χ4n) is 2.00. The van der Waals surface area contributed by atoms with E-state index in [1.54, 1.807) is 6.07 Å². The maximum atomic E-state index is 6.18. The predicted molar refractivity (Wildman–Crippen MR) is 74.2 cm³/mol. The molecule has 1 aliphatic rings. The van der Waals surface area contributed by atoms with Crippen LogP contribution in [0.2, 0.25) is 10.0 Å². The first-order chi connectivity index (χ1) is 8.16. The Labute approximate surface area is 112 Å². The van der Waals surface area contributed by atoms with Crippen LogP contribution in [0.5, 0.6) is 0 Å². The van der Waals surface area contributed by atoms with Gasteiger partial charge in [0.25, 0.3) is 0 Å². The molecule has 0 fully saturated rings. The molecule has 1 N–H and O–H groups in total. The number of rotatable bonds is 2. The van der Waals surface area contributed by atoms with Crippen LogP contribution in [-0.4, -0.2) is 12.4 Å². The SMILES string of the molecule is CC(NC1=NCCCC1)c1ccc(Cl)cc1Cl. The third-order valence-corrected chi connectivity index (χ3v) is 3.50. The van der Waals surface area contributed by atoms with Crippen molar-refractivity contribution in [3.05, 3.63) is 33.8 Å². The molecule has 1 atom stereocenters. The Morgan fingerprint density at radius 3 is 2.76 bits per heavy atom. The van der Waals surface area contributed by atoms with E-state index in [-0.39, 0.29) is 6.04 Å². The summed E-state index contributed by atoms with van der Waals surface area (Å²) in [7, 11) is 0. The van der Waals surface area contributed by atoms with Gasteiger partial charge in [0.05, 0.1) is 11.9 Å². The van der Waals surface area contributed by atoms with Crippen molar-refractivity contribution in [1.29, 1.82) is 0 Å². The molecule has 0 bridgehead atoms. The zero-order chi connectivity index (χ0) is 12.3. The Morgan fingerprint density at radius 1 is 1.29 bits per heavy atom. The first kappa shape index (κ1) is 12.7. The minimum absolute atomic E-state index is 0.164. The average molecular weight is 271 g/mol. The summed E-state index contributed by atoms with van der Waals surface area (Å²) >= 11 is 12.1. The van der Waals surface area contributed by atoms with Crippen molar-refractivity contribution in [3.8, 4) is 0 Å². The first-order valence-electron chi connectivity index (χ1n) is 5.91. The van der Waals surface area contributed by atoms with E-state index in [0.29, 0.717) is 10.0 Å². The van der Waals surface area contributed by atoms with Gasteiger partial charge >= 0.3 is 0 Å². The molecule has 92 valence electrons. The molecule has 1 unspecified atom stereocenters. The lowest BCUT2D eigenvalue weighted by molar-refractivity contribution is 0.656. The molecule has 0 aromatic heterocycles. The van der Waals surface area contributed by atoms with Crippen molar-refractivity contribution in [1.82, 2.24) is 5.32 Å². The van der Waals surface area contributed by atoms with E-state index < -0.39 is 0 Å². The number of hydrogen-bond donors (Lipinski definition) is 1. The van der Waals surface area contributed by atoms with Gasteiger partial charge in [-0.1, -0.05) is 29.3 Å². The van der Waals surface area contributed by atoms with Crippen LogP contribution in [0.25, 0.3) is 0 Å². The highest BCUT2D eigenvalue weighted by molar-refractivity contribution is 6.35. The van der Waals surface area contributed by atoms with Crippen LogP contribution in [0.1, 0.15) is 37.8 Å². The van der Waals surface area contributed by atoms with Crippen molar-refractivity contribution in [3.63, 3.8) is 0 Å². The third-order valence-electron chi connectivity index (χ3n) is 2.94. The second-order valence-corrected chi connectivity index (χ2v) is 5.16. The molecular formula is C13H16Cl2N2. The molecule has 17 heavy (non-hydrogen) atoms. The van der Waals surface area contributed by atoms with Gasteiger partial charge in [0.15, 0.2) is 0 Å². The van der Waals surface area contributed by atoms with Crippen LogP contribution in [-0.2, 0) is 0 Å². The van der Waals surface area contributed by atoms with E-state index in [2.05, 4.69) is 17.2 Å². The molecule has 1 aromatic carbocycles. The second-order valence-electron chi connectivity index (χ2n) is 4.32. The van der Waals surface area contributed by atoms with Crippen LogP contribution in [0, 0.1) is 0 Å². The summed E-state index contributed by atoms with van der Waals surface area (Å²) in [6.45, 7) is 3.02. The van der Waals surface area contributed by atoms with Gasteiger partial charge in [-0.25, -0.2) is 0 Å². The van der Waals surface area contributed by atoms with E-state index >= 15 is 0 Å². The lowest BCUT2D eigenvalue weighted by atomic mass is 10.1. The molecule has 0 amide bonds. The number of nitrogens with zero attached hydrogens (tertiary/aromatic N) is 1. The van der Waals surface area contributed by atoms with Crippen molar-refractivity contribution >= 4 is 29.0 Å². The van der Waals surface area contributed by atoms with Gasteiger partial charge in [-0.3, -0.25) is 4.99 Å². The van der Waals surface area contributed by atoms with Gasteiger partial charge in [-0.05, 0) is 37.5 Å². The molecule has 0 aliphatic carbocycles. The summed E-state index contributed by atoms with van der Waals surface area (Å²) in [5.41, 5.74) is 1.06. The van der Waals surface area contributed by atoms with Crippen LogP contribution >= 0.6 is 23.2 Å². The van der Waals surface area contributed by atoms with Crippen LogP contribution in [0.15, 0.2) is 23.2 Å². The molecule has 0 saturated heterocycles. The Kier molecular flexibility index (Phi) is 4.30. The number of benzene rings is 1. The summed E-state index contributed by atoms with van der Waals surface area (Å²) < 4.78 is 0. The van der Waals surface area contributed by atoms with Crippen molar-refractivity contribution in [2.45, 2.75) is 32.2 Å². The van der Waals surface area contributed by atoms with Crippen molar-refractivity contribution in [2.75, 3.05) is 6.54 Å². The fraction of sp³-hybridized carbons (Fsp3) is 0.462.